The van der Waals surface area contributed by atoms with Crippen molar-refractivity contribution in [2.45, 2.75) is 158 Å². The molecule has 5 heteroatoms. The minimum Gasteiger partial charge on any atom is -0.507 e. The van der Waals surface area contributed by atoms with Crippen molar-refractivity contribution in [3.8, 4) is 5.75 Å². The average Bonchev–Trinajstić information content (AvgIpc) is 3.09. The second-order valence-corrected chi connectivity index (χ2v) is 20.7. The minimum atomic E-state index is -1.73. The monoisotopic (exact) mass is 702 g/mol. The Morgan fingerprint density at radius 2 is 0.920 bits per heavy atom. The zero-order valence-corrected chi connectivity index (χ0v) is 35.2. The number of phenols is 1. The third kappa shape index (κ3) is 9.60. The molecule has 4 nitrogen and oxygen atoms in total. The number of rotatable bonds is 9. The van der Waals surface area contributed by atoms with Crippen molar-refractivity contribution in [2.24, 2.45) is 11.8 Å². The van der Waals surface area contributed by atoms with E-state index in [9.17, 15) is 5.11 Å². The van der Waals surface area contributed by atoms with E-state index in [1.54, 1.807) is 0 Å². The van der Waals surface area contributed by atoms with Crippen molar-refractivity contribution in [2.75, 3.05) is 6.61 Å². The van der Waals surface area contributed by atoms with E-state index in [1.165, 1.54) is 27.8 Å². The summed E-state index contributed by atoms with van der Waals surface area (Å²) in [4.78, 5) is 0. The molecular formula is C45H67O4P. The zero-order chi connectivity index (χ0) is 37.6. The number of benzene rings is 3. The Hall–Kier alpha value is -2.68. The quantitative estimate of drug-likeness (QED) is 0.176. The molecule has 0 aliphatic rings. The first-order chi connectivity index (χ1) is 22.9. The predicted molar refractivity (Wildman–Crippen MR) is 216 cm³/mol. The van der Waals surface area contributed by atoms with Crippen molar-refractivity contribution in [3.63, 3.8) is 0 Å². The van der Waals surface area contributed by atoms with Crippen LogP contribution in [-0.4, -0.2) is 11.7 Å². The van der Waals surface area contributed by atoms with Gasteiger partial charge in [-0.25, -0.2) is 0 Å². The Balaban J connectivity index is 1.89. The van der Waals surface area contributed by atoms with E-state index < -0.39 is 8.24 Å². The highest BCUT2D eigenvalue weighted by Crippen LogP contribution is 2.44. The third-order valence-electron chi connectivity index (χ3n) is 9.42. The van der Waals surface area contributed by atoms with Crippen LogP contribution >= 0.6 is 8.24 Å². The van der Waals surface area contributed by atoms with Crippen LogP contribution in [0, 0.1) is 11.8 Å². The molecule has 276 valence electrons. The van der Waals surface area contributed by atoms with Crippen LogP contribution in [-0.2, 0) is 40.9 Å². The first kappa shape index (κ1) is 40.1. The molecule has 3 aromatic carbocycles. The maximum atomic E-state index is 11.2. The van der Waals surface area contributed by atoms with Crippen LogP contribution in [0.4, 0.5) is 0 Å². The zero-order valence-electron chi connectivity index (χ0n) is 34.3. The number of hydrogen-bond acceptors (Lipinski definition) is 4. The lowest BCUT2D eigenvalue weighted by Gasteiger charge is -2.28. The summed E-state index contributed by atoms with van der Waals surface area (Å²) in [6, 6.07) is 13.8. The van der Waals surface area contributed by atoms with Gasteiger partial charge in [0.15, 0.2) is 0 Å². The van der Waals surface area contributed by atoms with Crippen molar-refractivity contribution >= 4 is 30.2 Å². The van der Waals surface area contributed by atoms with Gasteiger partial charge in [0.05, 0.1) is 6.61 Å². The van der Waals surface area contributed by atoms with Crippen LogP contribution in [0.3, 0.4) is 0 Å². The van der Waals surface area contributed by atoms with Crippen LogP contribution in [0.5, 0.6) is 5.75 Å². The molecule has 0 aliphatic carbocycles. The lowest BCUT2D eigenvalue weighted by Crippen LogP contribution is -2.18. The fraction of sp³-hybridized carbons (Fsp3) is 0.600. The molecule has 1 heterocycles. The molecule has 0 radical (unpaired) electrons. The van der Waals surface area contributed by atoms with E-state index in [0.29, 0.717) is 24.2 Å². The van der Waals surface area contributed by atoms with E-state index in [1.807, 2.05) is 0 Å². The van der Waals surface area contributed by atoms with Crippen LogP contribution in [0.25, 0.3) is 21.9 Å². The van der Waals surface area contributed by atoms with Gasteiger partial charge in [-0.15, -0.1) is 0 Å². The van der Waals surface area contributed by atoms with Gasteiger partial charge in [0.1, 0.15) is 16.9 Å². The molecule has 0 saturated heterocycles. The van der Waals surface area contributed by atoms with Gasteiger partial charge in [0.25, 0.3) is 0 Å². The van der Waals surface area contributed by atoms with Gasteiger partial charge in [-0.05, 0) is 99.1 Å². The Labute approximate surface area is 305 Å². The van der Waals surface area contributed by atoms with Gasteiger partial charge in [0, 0.05) is 21.9 Å². The van der Waals surface area contributed by atoms with Gasteiger partial charge < -0.3 is 13.5 Å². The lowest BCUT2D eigenvalue weighted by atomic mass is 9.78. The molecule has 0 saturated carbocycles. The highest BCUT2D eigenvalue weighted by molar-refractivity contribution is 7.31. The number of aromatic hydroxyl groups is 1. The van der Waals surface area contributed by atoms with E-state index in [0.717, 1.165) is 58.7 Å². The number of fused-ring (bicyclic) bond motifs is 3. The van der Waals surface area contributed by atoms with Crippen molar-refractivity contribution < 1.29 is 18.0 Å². The molecule has 1 aromatic heterocycles. The summed E-state index contributed by atoms with van der Waals surface area (Å²) >= 11 is 0. The Morgan fingerprint density at radius 3 is 1.26 bits per heavy atom. The Kier molecular flexibility index (Phi) is 11.8. The summed E-state index contributed by atoms with van der Waals surface area (Å²) in [5.41, 5.74) is 9.41. The van der Waals surface area contributed by atoms with Crippen LogP contribution in [0.1, 0.15) is 156 Å². The van der Waals surface area contributed by atoms with Crippen LogP contribution in [0.15, 0.2) is 44.8 Å². The predicted octanol–water partition coefficient (Wildman–Crippen LogP) is 13.6. The van der Waals surface area contributed by atoms with Gasteiger partial charge in [0.2, 0.25) is 0 Å². The molecule has 0 aliphatic heterocycles. The molecule has 0 fully saturated rings. The normalized spacial score (nSPS) is 13.3. The van der Waals surface area contributed by atoms with Crippen molar-refractivity contribution in [1.82, 2.24) is 0 Å². The fourth-order valence-corrected chi connectivity index (χ4v) is 8.00. The fourth-order valence-electron chi connectivity index (χ4n) is 6.88. The van der Waals surface area contributed by atoms with Crippen LogP contribution < -0.4 is 4.52 Å². The number of hydrogen-bond donors (Lipinski definition) is 1. The summed E-state index contributed by atoms with van der Waals surface area (Å²) < 4.78 is 20.5. The van der Waals surface area contributed by atoms with Gasteiger partial charge in [-0.2, -0.15) is 0 Å². The highest BCUT2D eigenvalue weighted by Gasteiger charge is 2.28. The van der Waals surface area contributed by atoms with Gasteiger partial charge >= 0.3 is 8.24 Å². The minimum absolute atomic E-state index is 0.140. The molecule has 0 bridgehead atoms. The first-order valence-electron chi connectivity index (χ1n) is 18.9. The second-order valence-electron chi connectivity index (χ2n) is 19.6. The maximum Gasteiger partial charge on any atom is 0.387 e. The highest BCUT2D eigenvalue weighted by atomic mass is 31.1. The summed E-state index contributed by atoms with van der Waals surface area (Å²) in [5, 5.41) is 13.5. The van der Waals surface area contributed by atoms with Crippen molar-refractivity contribution in [1.29, 1.82) is 0 Å². The molecule has 50 heavy (non-hydrogen) atoms. The number of phenolic OH excluding ortho intramolecular Hbond substituents is 1. The SMILES string of the molecule is CC(C)Cc1cc(C(C)(C)C)c2op(OCCCc3cc(C(C)(C)C)c(O)c(C(C)(C)C)c3)oc3c(C(C)(C)C)cc(CC(C)C)cc3c2c1. The first-order valence-corrected chi connectivity index (χ1v) is 20.0. The van der Waals surface area contributed by atoms with E-state index >= 15 is 0 Å². The summed E-state index contributed by atoms with van der Waals surface area (Å²) in [6.07, 6.45) is 3.64. The number of aryl methyl sites for hydroxylation is 1. The molecule has 1 N–H and O–H groups in total. The average molecular weight is 703 g/mol. The Morgan fingerprint density at radius 1 is 0.560 bits per heavy atom. The van der Waals surface area contributed by atoms with E-state index in [4.69, 9.17) is 12.9 Å². The summed E-state index contributed by atoms with van der Waals surface area (Å²) in [7, 11) is -1.73. The van der Waals surface area contributed by atoms with Crippen molar-refractivity contribution in [3.05, 3.63) is 75.3 Å². The smallest absolute Gasteiger partial charge is 0.387 e. The maximum absolute atomic E-state index is 11.2. The summed E-state index contributed by atoms with van der Waals surface area (Å²) in [6.45, 7) is 36.2. The summed E-state index contributed by atoms with van der Waals surface area (Å²) in [5.74, 6) is 1.49. The van der Waals surface area contributed by atoms with E-state index in [-0.39, 0.29) is 21.7 Å². The molecule has 4 aromatic rings. The van der Waals surface area contributed by atoms with Gasteiger partial charge in [-0.1, -0.05) is 135 Å². The molecule has 0 amide bonds. The van der Waals surface area contributed by atoms with Crippen LogP contribution in [0.2, 0.25) is 0 Å². The molecule has 0 unspecified atom stereocenters. The standard InChI is InChI=1S/C45H67O4P/c1-28(2)20-31-22-33-34-23-32(21-29(3)4)27-38(45(14,15)16)41(34)49-50(48-40(33)37(26-31)44(11,12)13)47-19-17-18-30-24-35(42(5,6)7)39(46)36(25-30)43(8,9)10/h22-29,46H,17-21H2,1-16H3. The largest absolute Gasteiger partial charge is 0.507 e. The molecule has 0 atom stereocenters. The lowest BCUT2D eigenvalue weighted by molar-refractivity contribution is 0.363. The van der Waals surface area contributed by atoms with E-state index in [2.05, 4.69) is 147 Å². The molecule has 4 rings (SSSR count). The third-order valence-corrected chi connectivity index (χ3v) is 10.5. The molecule has 0 spiro atoms. The topological polar surface area (TPSA) is 55.7 Å². The Bertz CT molecular complexity index is 1720. The second kappa shape index (κ2) is 14.7. The van der Waals surface area contributed by atoms with Gasteiger partial charge in [-0.3, -0.25) is 4.52 Å². The molecular weight excluding hydrogens is 635 g/mol.